The van der Waals surface area contributed by atoms with Gasteiger partial charge in [0.1, 0.15) is 5.76 Å². The lowest BCUT2D eigenvalue weighted by Gasteiger charge is -2.22. The fourth-order valence-corrected chi connectivity index (χ4v) is 2.44. The van der Waals surface area contributed by atoms with Crippen LogP contribution in [0.1, 0.15) is 41.9 Å². The average Bonchev–Trinajstić information content (AvgIpc) is 2.96. The Morgan fingerprint density at radius 3 is 2.88 bits per heavy atom. The molecule has 0 aromatic carbocycles. The molecule has 1 heterocycles. The normalized spacial score (nSPS) is 18.2. The molecular formula is C12H19N3O2. The Morgan fingerprint density at radius 2 is 2.35 bits per heavy atom. The summed E-state index contributed by atoms with van der Waals surface area (Å²) in [6.45, 7) is 2.24. The van der Waals surface area contributed by atoms with Crippen LogP contribution in [0.3, 0.4) is 0 Å². The Balaban J connectivity index is 1.96. The van der Waals surface area contributed by atoms with Gasteiger partial charge in [-0.15, -0.1) is 0 Å². The van der Waals surface area contributed by atoms with E-state index in [2.05, 4.69) is 10.5 Å². The number of nitrogens with one attached hydrogen (secondary N) is 1. The van der Waals surface area contributed by atoms with E-state index in [-0.39, 0.29) is 11.9 Å². The summed E-state index contributed by atoms with van der Waals surface area (Å²) >= 11 is 0. The molecule has 0 spiro atoms. The third-order valence-corrected chi connectivity index (χ3v) is 3.40. The van der Waals surface area contributed by atoms with Crippen LogP contribution in [0.4, 0.5) is 0 Å². The van der Waals surface area contributed by atoms with Crippen LogP contribution in [0, 0.1) is 12.8 Å². The molecule has 2 rings (SSSR count). The van der Waals surface area contributed by atoms with E-state index in [4.69, 9.17) is 10.3 Å². The number of nitrogens with two attached hydrogens (primary N) is 1. The van der Waals surface area contributed by atoms with Crippen molar-refractivity contribution in [3.8, 4) is 0 Å². The van der Waals surface area contributed by atoms with Gasteiger partial charge in [-0.3, -0.25) is 4.79 Å². The number of hydrogen-bond acceptors (Lipinski definition) is 4. The van der Waals surface area contributed by atoms with E-state index in [1.165, 1.54) is 12.8 Å². The predicted octanol–water partition coefficient (Wildman–Crippen LogP) is 1.23. The van der Waals surface area contributed by atoms with Crippen LogP contribution < -0.4 is 11.1 Å². The number of aromatic nitrogens is 1. The molecule has 17 heavy (non-hydrogen) atoms. The van der Waals surface area contributed by atoms with E-state index in [0.29, 0.717) is 23.9 Å². The molecule has 0 aliphatic heterocycles. The van der Waals surface area contributed by atoms with Crippen LogP contribution in [0.2, 0.25) is 0 Å². The largest absolute Gasteiger partial charge is 0.361 e. The summed E-state index contributed by atoms with van der Waals surface area (Å²) in [5, 5.41) is 6.65. The van der Waals surface area contributed by atoms with Gasteiger partial charge in [0.15, 0.2) is 5.69 Å². The van der Waals surface area contributed by atoms with E-state index in [1.54, 1.807) is 13.0 Å². The van der Waals surface area contributed by atoms with Crippen LogP contribution in [0.25, 0.3) is 0 Å². The molecule has 94 valence electrons. The molecule has 1 amide bonds. The highest BCUT2D eigenvalue weighted by Gasteiger charge is 2.26. The highest BCUT2D eigenvalue weighted by Crippen LogP contribution is 2.27. The third-order valence-electron chi connectivity index (χ3n) is 3.40. The summed E-state index contributed by atoms with van der Waals surface area (Å²) in [4.78, 5) is 11.9. The minimum absolute atomic E-state index is 0.0574. The zero-order valence-corrected chi connectivity index (χ0v) is 10.1. The number of nitrogens with zero attached hydrogens (tertiary/aromatic N) is 1. The molecule has 5 nitrogen and oxygen atoms in total. The van der Waals surface area contributed by atoms with Crippen molar-refractivity contribution in [2.45, 2.75) is 38.6 Å². The average molecular weight is 237 g/mol. The molecule has 3 N–H and O–H groups in total. The first-order valence-electron chi connectivity index (χ1n) is 6.15. The smallest absolute Gasteiger partial charge is 0.273 e. The van der Waals surface area contributed by atoms with Crippen LogP contribution in [-0.2, 0) is 0 Å². The zero-order valence-electron chi connectivity index (χ0n) is 10.1. The first-order chi connectivity index (χ1) is 8.20. The molecule has 0 saturated heterocycles. The molecule has 0 radical (unpaired) electrons. The van der Waals surface area contributed by atoms with Crippen molar-refractivity contribution in [2.24, 2.45) is 11.7 Å². The topological polar surface area (TPSA) is 81.2 Å². The molecule has 1 atom stereocenters. The summed E-state index contributed by atoms with van der Waals surface area (Å²) in [7, 11) is 0. The highest BCUT2D eigenvalue weighted by atomic mass is 16.5. The van der Waals surface area contributed by atoms with E-state index < -0.39 is 0 Å². The van der Waals surface area contributed by atoms with Gasteiger partial charge in [-0.1, -0.05) is 18.0 Å². The lowest BCUT2D eigenvalue weighted by Crippen LogP contribution is -2.44. The second-order valence-electron chi connectivity index (χ2n) is 4.68. The molecule has 1 aromatic heterocycles. The van der Waals surface area contributed by atoms with Crippen LogP contribution >= 0.6 is 0 Å². The number of aryl methyl sites for hydroxylation is 1. The second kappa shape index (κ2) is 5.31. The minimum Gasteiger partial charge on any atom is -0.361 e. The van der Waals surface area contributed by atoms with Gasteiger partial charge in [0, 0.05) is 18.7 Å². The maximum absolute atomic E-state index is 11.9. The van der Waals surface area contributed by atoms with Crippen molar-refractivity contribution in [3.63, 3.8) is 0 Å². The van der Waals surface area contributed by atoms with Crippen molar-refractivity contribution in [1.82, 2.24) is 10.5 Å². The molecule has 5 heteroatoms. The van der Waals surface area contributed by atoms with Gasteiger partial charge >= 0.3 is 0 Å². The monoisotopic (exact) mass is 237 g/mol. The van der Waals surface area contributed by atoms with Crippen molar-refractivity contribution in [1.29, 1.82) is 0 Å². The molecular weight excluding hydrogens is 218 g/mol. The lowest BCUT2D eigenvalue weighted by atomic mass is 9.98. The van der Waals surface area contributed by atoms with Crippen molar-refractivity contribution >= 4 is 5.91 Å². The molecule has 1 unspecified atom stereocenters. The quantitative estimate of drug-likeness (QED) is 0.825. The van der Waals surface area contributed by atoms with Gasteiger partial charge < -0.3 is 15.6 Å². The summed E-state index contributed by atoms with van der Waals surface area (Å²) in [5.41, 5.74) is 6.06. The third kappa shape index (κ3) is 2.85. The summed E-state index contributed by atoms with van der Waals surface area (Å²) in [5.74, 6) is 0.960. The Morgan fingerprint density at radius 1 is 1.65 bits per heavy atom. The maximum atomic E-state index is 11.9. The number of hydrogen-bond donors (Lipinski definition) is 2. The van der Waals surface area contributed by atoms with Gasteiger partial charge in [-0.25, -0.2) is 0 Å². The molecule has 1 fully saturated rings. The van der Waals surface area contributed by atoms with Crippen LogP contribution in [-0.4, -0.2) is 23.7 Å². The summed E-state index contributed by atoms with van der Waals surface area (Å²) in [6, 6.07) is 1.69. The van der Waals surface area contributed by atoms with Crippen molar-refractivity contribution < 1.29 is 9.32 Å². The Bertz CT molecular complexity index is 383. The molecule has 1 aliphatic carbocycles. The number of carbonyl (C=O) groups is 1. The Hall–Kier alpha value is -1.36. The lowest BCUT2D eigenvalue weighted by molar-refractivity contribution is 0.0915. The van der Waals surface area contributed by atoms with E-state index >= 15 is 0 Å². The van der Waals surface area contributed by atoms with Gasteiger partial charge in [0.25, 0.3) is 5.91 Å². The zero-order chi connectivity index (χ0) is 12.3. The second-order valence-corrected chi connectivity index (χ2v) is 4.68. The first kappa shape index (κ1) is 12.1. The highest BCUT2D eigenvalue weighted by molar-refractivity contribution is 5.92. The van der Waals surface area contributed by atoms with Crippen LogP contribution in [0.5, 0.6) is 0 Å². The molecule has 1 aliphatic rings. The van der Waals surface area contributed by atoms with E-state index in [0.717, 1.165) is 12.8 Å². The van der Waals surface area contributed by atoms with Gasteiger partial charge in [0.05, 0.1) is 0 Å². The molecule has 0 bridgehead atoms. The molecule has 1 aromatic rings. The molecule has 1 saturated carbocycles. The fraction of sp³-hybridized carbons (Fsp3) is 0.667. The van der Waals surface area contributed by atoms with Gasteiger partial charge in [0.2, 0.25) is 0 Å². The van der Waals surface area contributed by atoms with E-state index in [1.807, 2.05) is 0 Å². The maximum Gasteiger partial charge on any atom is 0.273 e. The standard InChI is InChI=1S/C12H19N3O2/c1-8-6-10(15-17-8)12(16)14-11(7-13)9-4-2-3-5-9/h6,9,11H,2-5,7,13H2,1H3,(H,14,16). The van der Waals surface area contributed by atoms with E-state index in [9.17, 15) is 4.79 Å². The summed E-state index contributed by atoms with van der Waals surface area (Å²) in [6.07, 6.45) is 4.78. The van der Waals surface area contributed by atoms with Crippen LogP contribution in [0.15, 0.2) is 10.6 Å². The fourth-order valence-electron chi connectivity index (χ4n) is 2.44. The van der Waals surface area contributed by atoms with Gasteiger partial charge in [-0.2, -0.15) is 0 Å². The Kier molecular flexibility index (Phi) is 3.78. The number of rotatable bonds is 4. The number of carbonyl (C=O) groups excluding carboxylic acids is 1. The number of amides is 1. The predicted molar refractivity (Wildman–Crippen MR) is 63.5 cm³/mol. The van der Waals surface area contributed by atoms with Crippen molar-refractivity contribution in [2.75, 3.05) is 6.54 Å². The summed E-state index contributed by atoms with van der Waals surface area (Å²) < 4.78 is 4.88. The van der Waals surface area contributed by atoms with Crippen molar-refractivity contribution in [3.05, 3.63) is 17.5 Å². The minimum atomic E-state index is -0.191. The Labute approximate surface area is 101 Å². The first-order valence-corrected chi connectivity index (χ1v) is 6.15. The SMILES string of the molecule is Cc1cc(C(=O)NC(CN)C2CCCC2)no1. The van der Waals surface area contributed by atoms with Gasteiger partial charge in [-0.05, 0) is 25.7 Å².